The Labute approximate surface area is 133 Å². The first kappa shape index (κ1) is 15.2. The zero-order valence-electron chi connectivity index (χ0n) is 12.7. The number of hydrogen-bond donors (Lipinski definition) is 3. The molecule has 0 saturated heterocycles. The van der Waals surface area contributed by atoms with Crippen LogP contribution in [0.2, 0.25) is 0 Å². The number of anilines is 1. The minimum absolute atomic E-state index is 0.00260. The third-order valence-corrected chi connectivity index (χ3v) is 3.79. The minimum Gasteiger partial charge on any atom is -0.504 e. The van der Waals surface area contributed by atoms with Crippen molar-refractivity contribution in [1.29, 1.82) is 0 Å². The monoisotopic (exact) mass is 315 g/mol. The van der Waals surface area contributed by atoms with Crippen molar-refractivity contribution in [2.45, 2.75) is 19.1 Å². The Kier molecular flexibility index (Phi) is 3.83. The summed E-state index contributed by atoms with van der Waals surface area (Å²) in [4.78, 5) is 12.2. The third kappa shape index (κ3) is 2.68. The quantitative estimate of drug-likeness (QED) is 0.807. The molecule has 1 amide bonds. The first-order chi connectivity index (χ1) is 11.0. The lowest BCUT2D eigenvalue weighted by Crippen LogP contribution is -2.41. The minimum atomic E-state index is -1.20. The molecule has 1 aliphatic heterocycles. The van der Waals surface area contributed by atoms with Crippen LogP contribution in [0.25, 0.3) is 0 Å². The van der Waals surface area contributed by atoms with E-state index in [9.17, 15) is 15.0 Å². The highest BCUT2D eigenvalue weighted by Crippen LogP contribution is 2.37. The highest BCUT2D eigenvalue weighted by molar-refractivity contribution is 5.98. The highest BCUT2D eigenvalue weighted by atomic mass is 16.5. The fraction of sp³-hybridized carbons (Fsp3) is 0.235. The smallest absolute Gasteiger partial charge is 0.268 e. The second kappa shape index (κ2) is 5.81. The molecule has 0 bridgehead atoms. The predicted octanol–water partition coefficient (Wildman–Crippen LogP) is 2.14. The van der Waals surface area contributed by atoms with Crippen LogP contribution in [0.3, 0.4) is 0 Å². The largest absolute Gasteiger partial charge is 0.504 e. The molecular formula is C17H17NO5. The van der Waals surface area contributed by atoms with E-state index in [0.717, 1.165) is 0 Å². The molecule has 0 radical (unpaired) electrons. The van der Waals surface area contributed by atoms with Gasteiger partial charge in [0, 0.05) is 0 Å². The summed E-state index contributed by atoms with van der Waals surface area (Å²) >= 11 is 0. The Hall–Kier alpha value is -2.73. The number of aliphatic hydroxyl groups excluding tert-OH is 1. The maximum atomic E-state index is 12.2. The third-order valence-electron chi connectivity index (χ3n) is 3.79. The van der Waals surface area contributed by atoms with Gasteiger partial charge in [-0.25, -0.2) is 0 Å². The molecule has 2 unspecified atom stereocenters. The van der Waals surface area contributed by atoms with Gasteiger partial charge >= 0.3 is 0 Å². The number of aryl methyl sites for hydroxylation is 1. The van der Waals surface area contributed by atoms with Crippen molar-refractivity contribution in [1.82, 2.24) is 0 Å². The van der Waals surface area contributed by atoms with Crippen LogP contribution in [-0.2, 0) is 4.79 Å². The van der Waals surface area contributed by atoms with E-state index in [0.29, 0.717) is 22.6 Å². The normalized spacial score (nSPS) is 17.7. The number of aromatic hydroxyl groups is 1. The molecule has 2 aromatic carbocycles. The highest BCUT2D eigenvalue weighted by Gasteiger charge is 2.35. The molecule has 0 aromatic heterocycles. The van der Waals surface area contributed by atoms with Crippen LogP contribution in [0, 0.1) is 6.92 Å². The molecule has 3 N–H and O–H groups in total. The van der Waals surface area contributed by atoms with Gasteiger partial charge in [0.1, 0.15) is 11.9 Å². The van der Waals surface area contributed by atoms with Gasteiger partial charge in [0.25, 0.3) is 5.91 Å². The van der Waals surface area contributed by atoms with Crippen molar-refractivity contribution in [2.24, 2.45) is 0 Å². The van der Waals surface area contributed by atoms with Gasteiger partial charge in [0.2, 0.25) is 6.10 Å². The topological polar surface area (TPSA) is 88.0 Å². The number of carbonyl (C=O) groups excluding carboxylic acids is 1. The summed E-state index contributed by atoms with van der Waals surface area (Å²) in [6, 6.07) is 10.1. The van der Waals surface area contributed by atoms with Crippen molar-refractivity contribution in [3.63, 3.8) is 0 Å². The lowest BCUT2D eigenvalue weighted by atomic mass is 9.99. The van der Waals surface area contributed by atoms with E-state index in [-0.39, 0.29) is 11.5 Å². The van der Waals surface area contributed by atoms with Crippen molar-refractivity contribution < 1.29 is 24.5 Å². The van der Waals surface area contributed by atoms with E-state index in [4.69, 9.17) is 9.47 Å². The molecule has 120 valence electrons. The number of phenolic OH excluding ortho intramolecular Hbond substituents is 1. The van der Waals surface area contributed by atoms with E-state index in [1.54, 1.807) is 37.3 Å². The average molecular weight is 315 g/mol. The van der Waals surface area contributed by atoms with Crippen molar-refractivity contribution >= 4 is 11.6 Å². The SMILES string of the molecule is COc1cc(C(O)C2Oc3ccccc3NC2=O)cc(C)c1O. The summed E-state index contributed by atoms with van der Waals surface area (Å²) in [6.45, 7) is 1.69. The second-order valence-electron chi connectivity index (χ2n) is 5.36. The summed E-state index contributed by atoms with van der Waals surface area (Å²) in [5.74, 6) is 0.304. The number of rotatable bonds is 3. The number of ether oxygens (including phenoxy) is 2. The Morgan fingerprint density at radius 2 is 2.04 bits per heavy atom. The predicted molar refractivity (Wildman–Crippen MR) is 83.8 cm³/mol. The Balaban J connectivity index is 1.93. The van der Waals surface area contributed by atoms with E-state index in [1.807, 2.05) is 0 Å². The maximum absolute atomic E-state index is 12.2. The number of phenols is 1. The molecule has 2 atom stereocenters. The zero-order valence-corrected chi connectivity index (χ0v) is 12.7. The fourth-order valence-corrected chi connectivity index (χ4v) is 2.55. The van der Waals surface area contributed by atoms with Crippen LogP contribution in [0.1, 0.15) is 17.2 Å². The summed E-state index contributed by atoms with van der Waals surface area (Å²) in [5.41, 5.74) is 1.53. The van der Waals surface area contributed by atoms with Gasteiger partial charge < -0.3 is 25.0 Å². The molecule has 23 heavy (non-hydrogen) atoms. The van der Waals surface area contributed by atoms with E-state index in [2.05, 4.69) is 5.32 Å². The van der Waals surface area contributed by atoms with Crippen LogP contribution < -0.4 is 14.8 Å². The Bertz CT molecular complexity index is 759. The van der Waals surface area contributed by atoms with Gasteiger partial charge in [-0.05, 0) is 42.3 Å². The molecule has 0 fully saturated rings. The average Bonchev–Trinajstić information content (AvgIpc) is 2.56. The van der Waals surface area contributed by atoms with Crippen molar-refractivity contribution in [3.05, 3.63) is 47.5 Å². The van der Waals surface area contributed by atoms with Crippen molar-refractivity contribution in [2.75, 3.05) is 12.4 Å². The van der Waals surface area contributed by atoms with E-state index in [1.165, 1.54) is 13.2 Å². The number of carbonyl (C=O) groups is 1. The lowest BCUT2D eigenvalue weighted by molar-refractivity contribution is -0.128. The first-order valence-electron chi connectivity index (χ1n) is 7.13. The van der Waals surface area contributed by atoms with Crippen LogP contribution in [-0.4, -0.2) is 29.3 Å². The van der Waals surface area contributed by atoms with Crippen LogP contribution in [0.15, 0.2) is 36.4 Å². The molecule has 1 aliphatic rings. The summed E-state index contributed by atoms with van der Waals surface area (Å²) in [6.07, 6.45) is -2.28. The molecule has 6 heteroatoms. The number of fused-ring (bicyclic) bond motifs is 1. The fourth-order valence-electron chi connectivity index (χ4n) is 2.55. The van der Waals surface area contributed by atoms with Gasteiger partial charge in [-0.1, -0.05) is 12.1 Å². The maximum Gasteiger partial charge on any atom is 0.268 e. The molecular weight excluding hydrogens is 298 g/mol. The number of methoxy groups -OCH3 is 1. The molecule has 0 saturated carbocycles. The summed E-state index contributed by atoms with van der Waals surface area (Å²) in [5, 5.41) is 23.1. The Morgan fingerprint density at radius 1 is 1.30 bits per heavy atom. The number of amides is 1. The second-order valence-corrected chi connectivity index (χ2v) is 5.36. The number of nitrogens with one attached hydrogen (secondary N) is 1. The van der Waals surface area contributed by atoms with Gasteiger partial charge in [0.15, 0.2) is 11.5 Å². The van der Waals surface area contributed by atoms with Crippen LogP contribution in [0.5, 0.6) is 17.2 Å². The molecule has 6 nitrogen and oxygen atoms in total. The van der Waals surface area contributed by atoms with E-state index >= 15 is 0 Å². The lowest BCUT2D eigenvalue weighted by Gasteiger charge is -2.29. The molecule has 1 heterocycles. The standard InChI is InChI=1S/C17H17NO5/c1-9-7-10(8-13(22-2)14(9)19)15(20)16-17(21)18-11-5-3-4-6-12(11)23-16/h3-8,15-16,19-20H,1-2H3,(H,18,21). The number of aliphatic hydroxyl groups is 1. The molecule has 3 rings (SSSR count). The Morgan fingerprint density at radius 3 is 2.78 bits per heavy atom. The van der Waals surface area contributed by atoms with Gasteiger partial charge in [0.05, 0.1) is 12.8 Å². The van der Waals surface area contributed by atoms with Gasteiger partial charge in [-0.15, -0.1) is 0 Å². The van der Waals surface area contributed by atoms with Crippen molar-refractivity contribution in [3.8, 4) is 17.2 Å². The summed E-state index contributed by atoms with van der Waals surface area (Å²) < 4.78 is 10.7. The number of hydrogen-bond acceptors (Lipinski definition) is 5. The van der Waals surface area contributed by atoms with Gasteiger partial charge in [-0.2, -0.15) is 0 Å². The summed E-state index contributed by atoms with van der Waals surface area (Å²) in [7, 11) is 1.42. The first-order valence-corrected chi connectivity index (χ1v) is 7.13. The van der Waals surface area contributed by atoms with Crippen LogP contribution >= 0.6 is 0 Å². The number of para-hydroxylation sites is 2. The molecule has 0 aliphatic carbocycles. The molecule has 2 aromatic rings. The zero-order chi connectivity index (χ0) is 16.6. The van der Waals surface area contributed by atoms with E-state index < -0.39 is 18.1 Å². The molecule has 0 spiro atoms. The van der Waals surface area contributed by atoms with Crippen LogP contribution in [0.4, 0.5) is 5.69 Å². The van der Waals surface area contributed by atoms with Gasteiger partial charge in [-0.3, -0.25) is 4.79 Å². The number of benzene rings is 2.